The van der Waals surface area contributed by atoms with E-state index in [0.29, 0.717) is 9.79 Å². The molecule has 1 aromatic heterocycles. The first kappa shape index (κ1) is 18.1. The average Bonchev–Trinajstić information content (AvgIpc) is 3.13. The van der Waals surface area contributed by atoms with Crippen LogP contribution < -0.4 is 0 Å². The van der Waals surface area contributed by atoms with Gasteiger partial charge in [-0.1, -0.05) is 66.2 Å². The van der Waals surface area contributed by atoms with E-state index < -0.39 is 9.84 Å². The Labute approximate surface area is 174 Å². The Bertz CT molecular complexity index is 1440. The van der Waals surface area contributed by atoms with E-state index in [-0.39, 0.29) is 0 Å². The van der Waals surface area contributed by atoms with Crippen LogP contribution in [-0.4, -0.2) is 8.42 Å². The van der Waals surface area contributed by atoms with Crippen molar-refractivity contribution in [1.29, 1.82) is 0 Å². The summed E-state index contributed by atoms with van der Waals surface area (Å²) in [6, 6.07) is 28.9. The van der Waals surface area contributed by atoms with Crippen molar-refractivity contribution in [3.05, 3.63) is 96.6 Å². The van der Waals surface area contributed by atoms with Crippen LogP contribution in [0.5, 0.6) is 0 Å². The minimum absolute atomic E-state index is 0.314. The highest BCUT2D eigenvalue weighted by atomic mass is 32.2. The molecular weight excluding hydrogens is 396 g/mol. The molecule has 0 aliphatic heterocycles. The van der Waals surface area contributed by atoms with Crippen LogP contribution in [0.4, 0.5) is 0 Å². The number of thiophene rings is 1. The zero-order valence-corrected chi connectivity index (χ0v) is 17.4. The van der Waals surface area contributed by atoms with Crippen molar-refractivity contribution in [1.82, 2.24) is 0 Å². The molecule has 0 radical (unpaired) electrons. The highest BCUT2D eigenvalue weighted by Gasteiger charge is 2.18. The lowest BCUT2D eigenvalue weighted by Crippen LogP contribution is -2.01. The van der Waals surface area contributed by atoms with Gasteiger partial charge in [0.15, 0.2) is 0 Å². The third-order valence-electron chi connectivity index (χ3n) is 5.21. The van der Waals surface area contributed by atoms with Gasteiger partial charge in [-0.05, 0) is 48.4 Å². The van der Waals surface area contributed by atoms with Crippen LogP contribution in [0.1, 0.15) is 5.56 Å². The summed E-state index contributed by atoms with van der Waals surface area (Å²) in [7, 11) is -3.52. The summed E-state index contributed by atoms with van der Waals surface area (Å²) in [6.45, 7) is 1.94. The first-order valence-corrected chi connectivity index (χ1v) is 11.7. The molecule has 0 unspecified atom stereocenters. The fraction of sp³-hybridized carbons (Fsp3) is 0.0400. The van der Waals surface area contributed by atoms with Crippen LogP contribution in [0.25, 0.3) is 31.3 Å². The van der Waals surface area contributed by atoms with Crippen molar-refractivity contribution < 1.29 is 8.42 Å². The number of sulfone groups is 1. The molecule has 5 aromatic rings. The largest absolute Gasteiger partial charge is 0.219 e. The molecule has 0 fully saturated rings. The third kappa shape index (κ3) is 3.05. The van der Waals surface area contributed by atoms with Crippen LogP contribution in [0.3, 0.4) is 0 Å². The van der Waals surface area contributed by atoms with Crippen LogP contribution >= 0.6 is 11.3 Å². The molecule has 1 heterocycles. The summed E-state index contributed by atoms with van der Waals surface area (Å²) < 4.78 is 28.3. The van der Waals surface area contributed by atoms with Crippen molar-refractivity contribution in [2.75, 3.05) is 0 Å². The minimum Gasteiger partial charge on any atom is -0.219 e. The first-order chi connectivity index (χ1) is 14.0. The normalized spacial score (nSPS) is 11.9. The van der Waals surface area contributed by atoms with Crippen molar-refractivity contribution in [3.63, 3.8) is 0 Å². The van der Waals surface area contributed by atoms with Gasteiger partial charge in [0, 0.05) is 20.2 Å². The van der Waals surface area contributed by atoms with Gasteiger partial charge in [0.1, 0.15) is 0 Å². The Kier molecular flexibility index (Phi) is 4.26. The predicted octanol–water partition coefficient (Wildman–Crippen LogP) is 6.86. The van der Waals surface area contributed by atoms with Gasteiger partial charge in [-0.15, -0.1) is 11.3 Å². The SMILES string of the molecule is Cc1ccc(S(=O)(=O)c2ccc(-c3cccc4c3sc3ccccc34)cc2)cc1. The molecule has 5 rings (SSSR count). The van der Waals surface area contributed by atoms with Crippen LogP contribution in [0.2, 0.25) is 0 Å². The Morgan fingerprint density at radius 3 is 2.00 bits per heavy atom. The maximum absolute atomic E-state index is 12.9. The molecule has 0 amide bonds. The lowest BCUT2D eigenvalue weighted by molar-refractivity contribution is 0.596. The molecule has 0 aliphatic carbocycles. The van der Waals surface area contributed by atoms with Crippen molar-refractivity contribution >= 4 is 41.3 Å². The molecule has 4 heteroatoms. The van der Waals surface area contributed by atoms with Gasteiger partial charge < -0.3 is 0 Å². The number of hydrogen-bond acceptors (Lipinski definition) is 3. The number of hydrogen-bond donors (Lipinski definition) is 0. The zero-order chi connectivity index (χ0) is 20.0. The quantitative estimate of drug-likeness (QED) is 0.323. The summed E-state index contributed by atoms with van der Waals surface area (Å²) in [4.78, 5) is 0.635. The highest BCUT2D eigenvalue weighted by Crippen LogP contribution is 2.39. The van der Waals surface area contributed by atoms with Gasteiger partial charge in [0.2, 0.25) is 9.84 Å². The molecule has 29 heavy (non-hydrogen) atoms. The molecule has 0 aliphatic rings. The summed E-state index contributed by atoms with van der Waals surface area (Å²) in [5.74, 6) is 0. The van der Waals surface area contributed by atoms with Gasteiger partial charge in [-0.2, -0.15) is 0 Å². The van der Waals surface area contributed by atoms with E-state index in [0.717, 1.165) is 16.7 Å². The molecule has 142 valence electrons. The summed E-state index contributed by atoms with van der Waals surface area (Å²) in [6.07, 6.45) is 0. The maximum atomic E-state index is 12.9. The van der Waals surface area contributed by atoms with E-state index in [9.17, 15) is 8.42 Å². The van der Waals surface area contributed by atoms with Crippen LogP contribution in [0, 0.1) is 6.92 Å². The number of aryl methyl sites for hydroxylation is 1. The van der Waals surface area contributed by atoms with Gasteiger partial charge in [-0.3, -0.25) is 0 Å². The number of fused-ring (bicyclic) bond motifs is 3. The van der Waals surface area contributed by atoms with Crippen molar-refractivity contribution in [2.24, 2.45) is 0 Å². The molecule has 0 bridgehead atoms. The van der Waals surface area contributed by atoms with Crippen LogP contribution in [-0.2, 0) is 9.84 Å². The zero-order valence-electron chi connectivity index (χ0n) is 15.8. The second kappa shape index (κ2) is 6.83. The lowest BCUT2D eigenvalue weighted by atomic mass is 10.0. The molecular formula is C25H18O2S2. The Hall–Kier alpha value is -2.95. The molecule has 2 nitrogen and oxygen atoms in total. The molecule has 4 aromatic carbocycles. The fourth-order valence-electron chi connectivity index (χ4n) is 3.64. The van der Waals surface area contributed by atoms with E-state index in [1.807, 2.05) is 31.2 Å². The maximum Gasteiger partial charge on any atom is 0.206 e. The van der Waals surface area contributed by atoms with E-state index in [1.54, 1.807) is 35.6 Å². The minimum atomic E-state index is -3.52. The number of rotatable bonds is 3. The molecule has 0 spiro atoms. The summed E-state index contributed by atoms with van der Waals surface area (Å²) >= 11 is 1.77. The van der Waals surface area contributed by atoms with E-state index in [4.69, 9.17) is 0 Å². The van der Waals surface area contributed by atoms with Gasteiger partial charge in [0.25, 0.3) is 0 Å². The van der Waals surface area contributed by atoms with Gasteiger partial charge >= 0.3 is 0 Å². The summed E-state index contributed by atoms with van der Waals surface area (Å²) in [5.41, 5.74) is 3.18. The lowest BCUT2D eigenvalue weighted by Gasteiger charge is -2.08. The van der Waals surface area contributed by atoms with E-state index >= 15 is 0 Å². The van der Waals surface area contributed by atoms with E-state index in [1.165, 1.54) is 20.2 Å². The fourth-order valence-corrected chi connectivity index (χ4v) is 6.14. The van der Waals surface area contributed by atoms with Crippen molar-refractivity contribution in [3.8, 4) is 11.1 Å². The van der Waals surface area contributed by atoms with Gasteiger partial charge in [-0.25, -0.2) is 8.42 Å². The Balaban J connectivity index is 1.60. The molecule has 0 N–H and O–H groups in total. The van der Waals surface area contributed by atoms with Crippen molar-refractivity contribution in [2.45, 2.75) is 16.7 Å². The number of benzene rings is 4. The third-order valence-corrected chi connectivity index (χ3v) is 8.22. The smallest absolute Gasteiger partial charge is 0.206 e. The Morgan fingerprint density at radius 1 is 0.655 bits per heavy atom. The monoisotopic (exact) mass is 414 g/mol. The molecule has 0 saturated heterocycles. The average molecular weight is 415 g/mol. The predicted molar refractivity (Wildman–Crippen MR) is 121 cm³/mol. The molecule has 0 saturated carbocycles. The topological polar surface area (TPSA) is 34.1 Å². The Morgan fingerprint density at radius 2 is 1.28 bits per heavy atom. The first-order valence-electron chi connectivity index (χ1n) is 9.36. The van der Waals surface area contributed by atoms with E-state index in [2.05, 4.69) is 42.5 Å². The van der Waals surface area contributed by atoms with Crippen LogP contribution in [0.15, 0.2) is 101 Å². The second-order valence-corrected chi connectivity index (χ2v) is 10.1. The second-order valence-electron chi connectivity index (χ2n) is 7.12. The standard InChI is InChI=1S/C25H18O2S2/c1-17-9-13-19(14-10-17)29(26,27)20-15-11-18(12-16-20)21-6-4-7-23-22-5-2-3-8-24(22)28-25(21)23/h2-16H,1H3. The molecule has 0 atom stereocenters. The highest BCUT2D eigenvalue weighted by molar-refractivity contribution is 7.91. The summed E-state index contributed by atoms with van der Waals surface area (Å²) in [5, 5.41) is 2.49. The van der Waals surface area contributed by atoms with Gasteiger partial charge in [0.05, 0.1) is 9.79 Å².